The number of nitrogens with zero attached hydrogens (tertiary/aromatic N) is 2. The predicted octanol–water partition coefficient (Wildman–Crippen LogP) is 2.48. The van der Waals surface area contributed by atoms with Gasteiger partial charge in [-0.05, 0) is 18.5 Å². The predicted molar refractivity (Wildman–Crippen MR) is 73.8 cm³/mol. The number of rotatable bonds is 5. The van der Waals surface area contributed by atoms with Crippen LogP contribution >= 0.6 is 22.7 Å². The molecule has 0 amide bonds. The summed E-state index contributed by atoms with van der Waals surface area (Å²) in [6, 6.07) is 2.06. The average molecular weight is 282 g/mol. The molecule has 0 aliphatic rings. The zero-order chi connectivity index (χ0) is 13.0. The van der Waals surface area contributed by atoms with Gasteiger partial charge in [0, 0.05) is 22.9 Å². The summed E-state index contributed by atoms with van der Waals surface area (Å²) in [5.74, 6) is -0.231. The third kappa shape index (κ3) is 3.38. The van der Waals surface area contributed by atoms with Gasteiger partial charge in [-0.1, -0.05) is 0 Å². The lowest BCUT2D eigenvalue weighted by Gasteiger charge is -2.12. The Bertz CT molecular complexity index is 508. The van der Waals surface area contributed by atoms with Gasteiger partial charge >= 0.3 is 5.97 Å². The summed E-state index contributed by atoms with van der Waals surface area (Å²) < 4.78 is 4.63. The first-order valence-corrected chi connectivity index (χ1v) is 7.23. The van der Waals surface area contributed by atoms with E-state index in [1.165, 1.54) is 7.11 Å². The summed E-state index contributed by atoms with van der Waals surface area (Å²) >= 11 is 3.29. The minimum Gasteiger partial charge on any atom is -0.468 e. The maximum Gasteiger partial charge on any atom is 0.319 e. The number of hydrogen-bond donors (Lipinski definition) is 0. The van der Waals surface area contributed by atoms with Crippen molar-refractivity contribution in [3.8, 4) is 10.6 Å². The van der Waals surface area contributed by atoms with E-state index in [0.717, 1.165) is 16.3 Å². The number of carbonyl (C=O) groups is 1. The van der Waals surface area contributed by atoms with Crippen LogP contribution in [0.2, 0.25) is 0 Å². The Labute approximate surface area is 114 Å². The zero-order valence-electron chi connectivity index (χ0n) is 10.3. The molecule has 0 aliphatic carbocycles. The van der Waals surface area contributed by atoms with E-state index < -0.39 is 0 Å². The Morgan fingerprint density at radius 3 is 3.00 bits per heavy atom. The molecule has 0 aromatic carbocycles. The van der Waals surface area contributed by atoms with E-state index in [1.807, 2.05) is 22.7 Å². The first kappa shape index (κ1) is 13.2. The highest BCUT2D eigenvalue weighted by molar-refractivity contribution is 7.14. The fourth-order valence-corrected chi connectivity index (χ4v) is 3.04. The molecule has 0 saturated carbocycles. The summed E-state index contributed by atoms with van der Waals surface area (Å²) in [7, 11) is 3.27. The van der Waals surface area contributed by atoms with E-state index in [1.54, 1.807) is 22.7 Å². The van der Waals surface area contributed by atoms with Crippen molar-refractivity contribution in [3.05, 3.63) is 27.9 Å². The van der Waals surface area contributed by atoms with Gasteiger partial charge < -0.3 is 4.74 Å². The molecule has 6 heteroatoms. The third-order valence-electron chi connectivity index (χ3n) is 2.38. The molecule has 96 valence electrons. The smallest absolute Gasteiger partial charge is 0.319 e. The summed E-state index contributed by atoms with van der Waals surface area (Å²) in [5, 5.41) is 7.18. The van der Waals surface area contributed by atoms with E-state index in [9.17, 15) is 4.79 Å². The molecule has 2 rings (SSSR count). The third-order valence-corrected chi connectivity index (χ3v) is 4.00. The van der Waals surface area contributed by atoms with Crippen LogP contribution in [-0.2, 0) is 16.1 Å². The maximum absolute atomic E-state index is 11.1. The highest BCUT2D eigenvalue weighted by atomic mass is 32.1. The van der Waals surface area contributed by atoms with E-state index in [-0.39, 0.29) is 12.5 Å². The number of esters is 1. The number of thiazole rings is 1. The van der Waals surface area contributed by atoms with Crippen molar-refractivity contribution in [1.29, 1.82) is 0 Å². The SMILES string of the molecule is COC(=O)CN(C)Cc1csc(-c2ccsc2)n1. The Kier molecular flexibility index (Phi) is 4.46. The van der Waals surface area contributed by atoms with Gasteiger partial charge in [0.05, 0.1) is 19.3 Å². The van der Waals surface area contributed by atoms with Crippen LogP contribution < -0.4 is 0 Å². The molecule has 4 nitrogen and oxygen atoms in total. The number of carbonyl (C=O) groups excluding carboxylic acids is 1. The summed E-state index contributed by atoms with van der Waals surface area (Å²) in [6.07, 6.45) is 0. The van der Waals surface area contributed by atoms with Crippen LogP contribution in [0.4, 0.5) is 0 Å². The van der Waals surface area contributed by atoms with Gasteiger partial charge in [-0.2, -0.15) is 11.3 Å². The molecule has 0 saturated heterocycles. The normalized spacial score (nSPS) is 10.8. The molecular weight excluding hydrogens is 268 g/mol. The fourth-order valence-electron chi connectivity index (χ4n) is 1.52. The van der Waals surface area contributed by atoms with E-state index >= 15 is 0 Å². The van der Waals surface area contributed by atoms with Gasteiger partial charge in [-0.25, -0.2) is 4.98 Å². The lowest BCUT2D eigenvalue weighted by Crippen LogP contribution is -2.26. The monoisotopic (exact) mass is 282 g/mol. The molecule has 0 bridgehead atoms. The van der Waals surface area contributed by atoms with Crippen LogP contribution in [0.15, 0.2) is 22.2 Å². The van der Waals surface area contributed by atoms with Crippen molar-refractivity contribution < 1.29 is 9.53 Å². The average Bonchev–Trinajstić information content (AvgIpc) is 2.98. The van der Waals surface area contributed by atoms with Gasteiger partial charge in [0.25, 0.3) is 0 Å². The number of likely N-dealkylation sites (N-methyl/N-ethyl adjacent to an activating group) is 1. The highest BCUT2D eigenvalue weighted by Crippen LogP contribution is 2.25. The number of ether oxygens (including phenoxy) is 1. The van der Waals surface area contributed by atoms with Gasteiger partial charge in [0.15, 0.2) is 0 Å². The van der Waals surface area contributed by atoms with Crippen molar-refractivity contribution in [1.82, 2.24) is 9.88 Å². The van der Waals surface area contributed by atoms with E-state index in [0.29, 0.717) is 6.54 Å². The van der Waals surface area contributed by atoms with Gasteiger partial charge in [0.2, 0.25) is 0 Å². The van der Waals surface area contributed by atoms with Crippen LogP contribution in [0.3, 0.4) is 0 Å². The molecule has 2 aromatic rings. The van der Waals surface area contributed by atoms with Crippen LogP contribution in [0.1, 0.15) is 5.69 Å². The molecule has 2 heterocycles. The van der Waals surface area contributed by atoms with Crippen LogP contribution in [-0.4, -0.2) is 36.6 Å². The zero-order valence-corrected chi connectivity index (χ0v) is 11.9. The van der Waals surface area contributed by atoms with Crippen molar-refractivity contribution in [2.75, 3.05) is 20.7 Å². The van der Waals surface area contributed by atoms with Crippen molar-refractivity contribution in [2.45, 2.75) is 6.54 Å². The Balaban J connectivity index is 1.96. The second kappa shape index (κ2) is 6.08. The minimum atomic E-state index is -0.231. The molecule has 2 aromatic heterocycles. The molecule has 0 N–H and O–H groups in total. The molecule has 0 spiro atoms. The van der Waals surface area contributed by atoms with Crippen LogP contribution in [0.25, 0.3) is 10.6 Å². The Hall–Kier alpha value is -1.24. The van der Waals surface area contributed by atoms with Crippen molar-refractivity contribution >= 4 is 28.6 Å². The lowest BCUT2D eigenvalue weighted by atomic mass is 10.3. The second-order valence-electron chi connectivity index (χ2n) is 3.90. The van der Waals surface area contributed by atoms with Crippen LogP contribution in [0, 0.1) is 0 Å². The van der Waals surface area contributed by atoms with E-state index in [4.69, 9.17) is 0 Å². The topological polar surface area (TPSA) is 42.4 Å². The number of methoxy groups -OCH3 is 1. The first-order valence-electron chi connectivity index (χ1n) is 5.41. The van der Waals surface area contributed by atoms with Gasteiger partial charge in [0.1, 0.15) is 5.01 Å². The van der Waals surface area contributed by atoms with Crippen molar-refractivity contribution in [2.24, 2.45) is 0 Å². The fraction of sp³-hybridized carbons (Fsp3) is 0.333. The number of thiophene rings is 1. The number of hydrogen-bond acceptors (Lipinski definition) is 6. The van der Waals surface area contributed by atoms with Crippen molar-refractivity contribution in [3.63, 3.8) is 0 Å². The second-order valence-corrected chi connectivity index (χ2v) is 5.54. The quantitative estimate of drug-likeness (QED) is 0.790. The Morgan fingerprint density at radius 2 is 2.33 bits per heavy atom. The summed E-state index contributed by atoms with van der Waals surface area (Å²) in [5.41, 5.74) is 2.14. The molecule has 0 unspecified atom stereocenters. The van der Waals surface area contributed by atoms with E-state index in [2.05, 4.69) is 21.2 Å². The molecule has 0 aliphatic heterocycles. The first-order chi connectivity index (χ1) is 8.69. The Morgan fingerprint density at radius 1 is 1.50 bits per heavy atom. The maximum atomic E-state index is 11.1. The number of aromatic nitrogens is 1. The lowest BCUT2D eigenvalue weighted by molar-refractivity contribution is -0.141. The highest BCUT2D eigenvalue weighted by Gasteiger charge is 2.10. The standard InChI is InChI=1S/C12H14N2O2S2/c1-14(6-11(15)16-2)5-10-8-18-12(13-10)9-3-4-17-7-9/h3-4,7-8H,5-6H2,1-2H3. The van der Waals surface area contributed by atoms with Gasteiger partial charge in [-0.15, -0.1) is 11.3 Å². The molecule has 0 atom stereocenters. The summed E-state index contributed by atoms with van der Waals surface area (Å²) in [6.45, 7) is 0.928. The van der Waals surface area contributed by atoms with Crippen LogP contribution in [0.5, 0.6) is 0 Å². The summed E-state index contributed by atoms with van der Waals surface area (Å²) in [4.78, 5) is 17.6. The molecule has 18 heavy (non-hydrogen) atoms. The molecular formula is C12H14N2O2S2. The van der Waals surface area contributed by atoms with Gasteiger partial charge in [-0.3, -0.25) is 9.69 Å². The molecule has 0 radical (unpaired) electrons. The molecule has 0 fully saturated rings. The largest absolute Gasteiger partial charge is 0.468 e. The minimum absolute atomic E-state index is 0.231.